The van der Waals surface area contributed by atoms with E-state index >= 15 is 0 Å². The van der Waals surface area contributed by atoms with Gasteiger partial charge in [0, 0.05) is 18.3 Å². The first-order valence-electron chi connectivity index (χ1n) is 8.33. The maximum atomic E-state index is 5.85. The quantitative estimate of drug-likeness (QED) is 0.720. The van der Waals surface area contributed by atoms with Crippen LogP contribution >= 0.6 is 0 Å². The van der Waals surface area contributed by atoms with Crippen LogP contribution in [-0.2, 0) is 6.54 Å². The van der Waals surface area contributed by atoms with Crippen LogP contribution < -0.4 is 14.8 Å². The first kappa shape index (κ1) is 17.2. The Balaban J connectivity index is 1.91. The van der Waals surface area contributed by atoms with Crippen LogP contribution in [0.1, 0.15) is 39.7 Å². The minimum absolute atomic E-state index is 0.201. The van der Waals surface area contributed by atoms with Crippen LogP contribution in [0.5, 0.6) is 11.5 Å². The van der Waals surface area contributed by atoms with Gasteiger partial charge < -0.3 is 14.8 Å². The van der Waals surface area contributed by atoms with Crippen molar-refractivity contribution in [2.45, 2.75) is 52.9 Å². The number of ether oxygens (including phenoxy) is 2. The molecule has 2 aromatic rings. The summed E-state index contributed by atoms with van der Waals surface area (Å²) < 4.78 is 11.5. The van der Waals surface area contributed by atoms with E-state index in [1.807, 2.05) is 44.2 Å². The molecule has 1 unspecified atom stereocenters. The maximum Gasteiger partial charge on any atom is 0.121 e. The first-order valence-corrected chi connectivity index (χ1v) is 8.33. The molecule has 0 aliphatic carbocycles. The molecular weight excluding hydrogens is 286 g/mol. The zero-order chi connectivity index (χ0) is 16.7. The van der Waals surface area contributed by atoms with Gasteiger partial charge in [0.1, 0.15) is 11.5 Å². The third kappa shape index (κ3) is 5.85. The summed E-state index contributed by atoms with van der Waals surface area (Å²) in [5.41, 5.74) is 2.28. The van der Waals surface area contributed by atoms with E-state index in [4.69, 9.17) is 9.47 Å². The van der Waals surface area contributed by atoms with Crippen molar-refractivity contribution in [3.05, 3.63) is 54.1 Å². The van der Waals surface area contributed by atoms with Gasteiger partial charge in [-0.1, -0.05) is 25.1 Å². The molecule has 2 rings (SSSR count). The molecule has 0 aromatic heterocycles. The first-order chi connectivity index (χ1) is 11.1. The van der Waals surface area contributed by atoms with Gasteiger partial charge in [0.05, 0.1) is 12.2 Å². The van der Waals surface area contributed by atoms with Crippen LogP contribution in [0.15, 0.2) is 48.5 Å². The second-order valence-corrected chi connectivity index (χ2v) is 6.03. The van der Waals surface area contributed by atoms with Crippen molar-refractivity contribution in [1.82, 2.24) is 0 Å². The highest BCUT2D eigenvalue weighted by Crippen LogP contribution is 2.20. The monoisotopic (exact) mass is 313 g/mol. The summed E-state index contributed by atoms with van der Waals surface area (Å²) in [5, 5.41) is 3.43. The number of nitrogens with one attached hydrogen (secondary N) is 1. The van der Waals surface area contributed by atoms with Crippen LogP contribution in [0.25, 0.3) is 0 Å². The molecule has 2 aromatic carbocycles. The molecule has 3 heteroatoms. The molecular formula is C20H27NO2. The third-order valence-electron chi connectivity index (χ3n) is 3.54. The second kappa shape index (κ2) is 8.47. The summed E-state index contributed by atoms with van der Waals surface area (Å²) in [6.07, 6.45) is 1.44. The van der Waals surface area contributed by atoms with Crippen molar-refractivity contribution in [2.75, 3.05) is 5.32 Å². The Morgan fingerprint density at radius 1 is 0.913 bits per heavy atom. The normalized spacial score (nSPS) is 12.0. The van der Waals surface area contributed by atoms with Crippen molar-refractivity contribution in [3.8, 4) is 11.5 Å². The molecule has 0 aliphatic heterocycles. The minimum Gasteiger partial charge on any atom is -0.491 e. The lowest BCUT2D eigenvalue weighted by atomic mass is 10.2. The predicted octanol–water partition coefficient (Wildman–Crippen LogP) is 5.26. The van der Waals surface area contributed by atoms with Gasteiger partial charge in [-0.3, -0.25) is 0 Å². The van der Waals surface area contributed by atoms with E-state index < -0.39 is 0 Å². The second-order valence-electron chi connectivity index (χ2n) is 6.03. The van der Waals surface area contributed by atoms with E-state index in [9.17, 15) is 0 Å². The van der Waals surface area contributed by atoms with Gasteiger partial charge in [-0.05, 0) is 57.0 Å². The fraction of sp³-hybridized carbons (Fsp3) is 0.400. The zero-order valence-corrected chi connectivity index (χ0v) is 14.5. The van der Waals surface area contributed by atoms with Gasteiger partial charge in [0.25, 0.3) is 0 Å². The molecule has 124 valence electrons. The van der Waals surface area contributed by atoms with Crippen molar-refractivity contribution in [3.63, 3.8) is 0 Å². The molecule has 3 nitrogen and oxygen atoms in total. The molecule has 0 heterocycles. The summed E-state index contributed by atoms with van der Waals surface area (Å²) in [7, 11) is 0. The summed E-state index contributed by atoms with van der Waals surface area (Å²) >= 11 is 0. The Kier molecular flexibility index (Phi) is 6.33. The van der Waals surface area contributed by atoms with E-state index in [2.05, 4.69) is 37.4 Å². The van der Waals surface area contributed by atoms with Crippen molar-refractivity contribution in [2.24, 2.45) is 0 Å². The molecule has 1 N–H and O–H groups in total. The highest BCUT2D eigenvalue weighted by molar-refractivity contribution is 5.48. The molecule has 0 saturated carbocycles. The Bertz CT molecular complexity index is 593. The summed E-state index contributed by atoms with van der Waals surface area (Å²) in [6.45, 7) is 9.04. The van der Waals surface area contributed by atoms with Crippen LogP contribution in [0, 0.1) is 0 Å². The lowest BCUT2D eigenvalue weighted by molar-refractivity contribution is 0.217. The van der Waals surface area contributed by atoms with Gasteiger partial charge in [0.15, 0.2) is 0 Å². The Hall–Kier alpha value is -2.16. The van der Waals surface area contributed by atoms with E-state index in [-0.39, 0.29) is 12.2 Å². The molecule has 1 atom stereocenters. The Labute approximate surface area is 139 Å². The zero-order valence-electron chi connectivity index (χ0n) is 14.5. The van der Waals surface area contributed by atoms with Crippen LogP contribution in [0.3, 0.4) is 0 Å². The summed E-state index contributed by atoms with van der Waals surface area (Å²) in [6, 6.07) is 16.3. The number of hydrogen-bond donors (Lipinski definition) is 1. The van der Waals surface area contributed by atoms with E-state index in [1.165, 1.54) is 5.56 Å². The Morgan fingerprint density at radius 3 is 2.30 bits per heavy atom. The molecule has 23 heavy (non-hydrogen) atoms. The highest BCUT2D eigenvalue weighted by Gasteiger charge is 2.02. The van der Waals surface area contributed by atoms with Crippen LogP contribution in [-0.4, -0.2) is 12.2 Å². The lowest BCUT2D eigenvalue weighted by Gasteiger charge is -2.14. The average Bonchev–Trinajstić information content (AvgIpc) is 2.54. The smallest absolute Gasteiger partial charge is 0.121 e. The standard InChI is InChI=1S/C20H27NO2/c1-5-16(4)23-20-8-6-7-18(13-20)21-14-17-9-11-19(12-10-17)22-15(2)3/h6-13,15-16,21H,5,14H2,1-4H3. The maximum absolute atomic E-state index is 5.85. The third-order valence-corrected chi connectivity index (χ3v) is 3.54. The van der Waals surface area contributed by atoms with E-state index in [0.717, 1.165) is 30.2 Å². The molecule has 0 bridgehead atoms. The van der Waals surface area contributed by atoms with Crippen molar-refractivity contribution < 1.29 is 9.47 Å². The molecule has 0 radical (unpaired) electrons. The Morgan fingerprint density at radius 2 is 1.65 bits per heavy atom. The van der Waals surface area contributed by atoms with Crippen molar-refractivity contribution in [1.29, 1.82) is 0 Å². The number of benzene rings is 2. The molecule has 0 fully saturated rings. The molecule has 0 amide bonds. The highest BCUT2D eigenvalue weighted by atomic mass is 16.5. The molecule has 0 saturated heterocycles. The minimum atomic E-state index is 0.201. The van der Waals surface area contributed by atoms with Crippen LogP contribution in [0.4, 0.5) is 5.69 Å². The number of rotatable bonds is 8. The van der Waals surface area contributed by atoms with Gasteiger partial charge in [0.2, 0.25) is 0 Å². The van der Waals surface area contributed by atoms with Gasteiger partial charge >= 0.3 is 0 Å². The van der Waals surface area contributed by atoms with Gasteiger partial charge in [-0.25, -0.2) is 0 Å². The fourth-order valence-corrected chi connectivity index (χ4v) is 2.16. The molecule has 0 aliphatic rings. The van der Waals surface area contributed by atoms with Crippen molar-refractivity contribution >= 4 is 5.69 Å². The average molecular weight is 313 g/mol. The number of hydrogen-bond acceptors (Lipinski definition) is 3. The van der Waals surface area contributed by atoms with E-state index in [1.54, 1.807) is 0 Å². The largest absolute Gasteiger partial charge is 0.491 e. The summed E-state index contributed by atoms with van der Waals surface area (Å²) in [5.74, 6) is 1.82. The van der Waals surface area contributed by atoms with Crippen LogP contribution in [0.2, 0.25) is 0 Å². The lowest BCUT2D eigenvalue weighted by Crippen LogP contribution is -2.09. The van der Waals surface area contributed by atoms with Gasteiger partial charge in [-0.15, -0.1) is 0 Å². The van der Waals surface area contributed by atoms with E-state index in [0.29, 0.717) is 0 Å². The number of anilines is 1. The topological polar surface area (TPSA) is 30.5 Å². The molecule has 0 spiro atoms. The summed E-state index contributed by atoms with van der Waals surface area (Å²) in [4.78, 5) is 0. The predicted molar refractivity (Wildman–Crippen MR) is 96.4 cm³/mol. The van der Waals surface area contributed by atoms with Gasteiger partial charge in [-0.2, -0.15) is 0 Å². The fourth-order valence-electron chi connectivity index (χ4n) is 2.16. The SMILES string of the molecule is CCC(C)Oc1cccc(NCc2ccc(OC(C)C)cc2)c1.